The monoisotopic (exact) mass is 328 g/mol. The second-order valence-corrected chi connectivity index (χ2v) is 5.42. The Hall–Kier alpha value is -2.67. The quantitative estimate of drug-likeness (QED) is 0.668. The van der Waals surface area contributed by atoms with Gasteiger partial charge in [-0.15, -0.1) is 0 Å². The highest BCUT2D eigenvalue weighted by Gasteiger charge is 2.11. The number of H-pyrrole nitrogens is 1. The lowest BCUT2D eigenvalue weighted by molar-refractivity contribution is 0.141. The number of imidazole rings is 1. The van der Waals surface area contributed by atoms with Gasteiger partial charge >= 0.3 is 11.7 Å². The molecule has 3 rings (SSSR count). The molecule has 0 aliphatic rings. The minimum atomic E-state index is -0.215. The predicted octanol–water partition coefficient (Wildman–Crippen LogP) is 1.76. The van der Waals surface area contributed by atoms with Crippen LogP contribution in [0.4, 0.5) is 0 Å². The van der Waals surface area contributed by atoms with E-state index in [-0.39, 0.29) is 11.7 Å². The molecule has 0 saturated heterocycles. The first kappa shape index (κ1) is 16.2. The number of aromatic nitrogens is 4. The van der Waals surface area contributed by atoms with Gasteiger partial charge in [0.25, 0.3) is 0 Å². The lowest BCUT2D eigenvalue weighted by Crippen LogP contribution is -2.18. The van der Waals surface area contributed by atoms with E-state index in [9.17, 15) is 4.79 Å². The molecule has 0 amide bonds. The number of rotatable bonds is 7. The van der Waals surface area contributed by atoms with E-state index in [4.69, 9.17) is 9.47 Å². The summed E-state index contributed by atoms with van der Waals surface area (Å²) in [6.45, 7) is 3.36. The van der Waals surface area contributed by atoms with Gasteiger partial charge < -0.3 is 14.5 Å². The van der Waals surface area contributed by atoms with Crippen LogP contribution >= 0.6 is 0 Å². The molecule has 0 saturated carbocycles. The van der Waals surface area contributed by atoms with Crippen LogP contribution in [0, 0.1) is 0 Å². The van der Waals surface area contributed by atoms with Crippen LogP contribution in [-0.2, 0) is 17.7 Å². The highest BCUT2D eigenvalue weighted by atomic mass is 16.5. The number of benzene rings is 1. The number of fused-ring (bicyclic) bond motifs is 1. The molecule has 7 heteroatoms. The number of nitrogens with one attached hydrogen (secondary N) is 1. The Morgan fingerprint density at radius 2 is 1.92 bits per heavy atom. The van der Waals surface area contributed by atoms with Gasteiger partial charge in [0, 0.05) is 7.11 Å². The van der Waals surface area contributed by atoms with Gasteiger partial charge in [-0.25, -0.2) is 9.78 Å². The Morgan fingerprint density at radius 3 is 2.62 bits per heavy atom. The summed E-state index contributed by atoms with van der Waals surface area (Å²) in [4.78, 5) is 23.4. The number of nitrogens with zero attached hydrogens (tertiary/aromatic N) is 3. The molecule has 1 aromatic carbocycles. The van der Waals surface area contributed by atoms with Crippen molar-refractivity contribution in [3.05, 3.63) is 52.1 Å². The Bertz CT molecular complexity index is 868. The third-order valence-electron chi connectivity index (χ3n) is 3.78. The molecule has 7 nitrogen and oxygen atoms in total. The number of hydrogen-bond donors (Lipinski definition) is 1. The number of aryl methyl sites for hydroxylation is 1. The fraction of sp³-hybridized carbons (Fsp3) is 0.353. The third kappa shape index (κ3) is 3.46. The SMILES string of the molecule is CCc1ccc(Cn2c(=O)[nH]c3cnc(OCCOC)nc32)cc1. The Balaban J connectivity index is 1.89. The lowest BCUT2D eigenvalue weighted by Gasteiger charge is -2.06. The van der Waals surface area contributed by atoms with Crippen LogP contribution in [0.15, 0.2) is 35.3 Å². The van der Waals surface area contributed by atoms with Gasteiger partial charge in [0.2, 0.25) is 0 Å². The second kappa shape index (κ2) is 7.27. The highest BCUT2D eigenvalue weighted by molar-refractivity contribution is 5.69. The van der Waals surface area contributed by atoms with Crippen LogP contribution in [0.25, 0.3) is 11.2 Å². The van der Waals surface area contributed by atoms with Crippen LogP contribution in [0.3, 0.4) is 0 Å². The Kier molecular flexibility index (Phi) is 4.90. The summed E-state index contributed by atoms with van der Waals surface area (Å²) < 4.78 is 11.9. The van der Waals surface area contributed by atoms with E-state index >= 15 is 0 Å². The molecule has 0 spiro atoms. The number of methoxy groups -OCH3 is 1. The van der Waals surface area contributed by atoms with Crippen molar-refractivity contribution >= 4 is 11.2 Å². The van der Waals surface area contributed by atoms with Crippen molar-refractivity contribution in [1.82, 2.24) is 19.5 Å². The molecule has 0 bridgehead atoms. The van der Waals surface area contributed by atoms with Crippen LogP contribution in [0.2, 0.25) is 0 Å². The zero-order valence-electron chi connectivity index (χ0n) is 13.8. The van der Waals surface area contributed by atoms with E-state index in [0.29, 0.717) is 30.9 Å². The smallest absolute Gasteiger partial charge is 0.328 e. The van der Waals surface area contributed by atoms with Crippen molar-refractivity contribution in [3.63, 3.8) is 0 Å². The summed E-state index contributed by atoms with van der Waals surface area (Å²) in [6.07, 6.45) is 2.55. The average molecular weight is 328 g/mol. The summed E-state index contributed by atoms with van der Waals surface area (Å²) in [5.74, 6) is 0. The van der Waals surface area contributed by atoms with E-state index in [1.165, 1.54) is 5.56 Å². The maximum atomic E-state index is 12.2. The van der Waals surface area contributed by atoms with E-state index in [2.05, 4.69) is 34.0 Å². The maximum Gasteiger partial charge on any atom is 0.328 e. The van der Waals surface area contributed by atoms with Crippen molar-refractivity contribution in [3.8, 4) is 6.01 Å². The zero-order chi connectivity index (χ0) is 16.9. The van der Waals surface area contributed by atoms with E-state index in [1.54, 1.807) is 17.9 Å². The summed E-state index contributed by atoms with van der Waals surface area (Å²) in [7, 11) is 1.60. The first-order valence-electron chi connectivity index (χ1n) is 7.86. The molecule has 126 valence electrons. The van der Waals surface area contributed by atoms with Gasteiger partial charge in [-0.2, -0.15) is 4.98 Å². The summed E-state index contributed by atoms with van der Waals surface area (Å²) >= 11 is 0. The standard InChI is InChI=1S/C17H20N4O3/c1-3-12-4-6-13(7-5-12)11-21-15-14(19-17(21)22)10-18-16(20-15)24-9-8-23-2/h4-7,10H,3,8-9,11H2,1-2H3,(H,19,22). The minimum Gasteiger partial charge on any atom is -0.461 e. The molecule has 0 aliphatic carbocycles. The van der Waals surface area contributed by atoms with E-state index < -0.39 is 0 Å². The molecule has 24 heavy (non-hydrogen) atoms. The zero-order valence-corrected chi connectivity index (χ0v) is 13.8. The number of hydrogen-bond acceptors (Lipinski definition) is 5. The number of aromatic amines is 1. The van der Waals surface area contributed by atoms with Gasteiger partial charge in [-0.05, 0) is 17.5 Å². The molecule has 0 atom stereocenters. The normalized spacial score (nSPS) is 11.1. The van der Waals surface area contributed by atoms with Crippen LogP contribution in [0.1, 0.15) is 18.1 Å². The molecule has 0 unspecified atom stereocenters. The van der Waals surface area contributed by atoms with Crippen LogP contribution in [0.5, 0.6) is 6.01 Å². The first-order chi connectivity index (χ1) is 11.7. The van der Waals surface area contributed by atoms with Gasteiger partial charge in [-0.1, -0.05) is 31.2 Å². The van der Waals surface area contributed by atoms with Crippen molar-refractivity contribution < 1.29 is 9.47 Å². The fourth-order valence-electron chi connectivity index (χ4n) is 2.43. The summed E-state index contributed by atoms with van der Waals surface area (Å²) in [6, 6.07) is 8.43. The van der Waals surface area contributed by atoms with E-state index in [1.807, 2.05) is 12.1 Å². The lowest BCUT2D eigenvalue weighted by atomic mass is 10.1. The molecule has 0 aliphatic heterocycles. The van der Waals surface area contributed by atoms with Crippen LogP contribution < -0.4 is 10.4 Å². The molecule has 0 fully saturated rings. The highest BCUT2D eigenvalue weighted by Crippen LogP contribution is 2.13. The predicted molar refractivity (Wildman–Crippen MR) is 90.4 cm³/mol. The molecule has 2 heterocycles. The molecule has 3 aromatic rings. The van der Waals surface area contributed by atoms with Crippen LogP contribution in [-0.4, -0.2) is 39.8 Å². The van der Waals surface area contributed by atoms with Gasteiger partial charge in [-0.3, -0.25) is 4.57 Å². The van der Waals surface area contributed by atoms with Crippen molar-refractivity contribution in [2.24, 2.45) is 0 Å². The fourth-order valence-corrected chi connectivity index (χ4v) is 2.43. The van der Waals surface area contributed by atoms with E-state index in [0.717, 1.165) is 12.0 Å². The maximum absolute atomic E-state index is 12.2. The molecular formula is C17H20N4O3. The third-order valence-corrected chi connectivity index (χ3v) is 3.78. The molecule has 0 radical (unpaired) electrons. The topological polar surface area (TPSA) is 82.0 Å². The second-order valence-electron chi connectivity index (χ2n) is 5.42. The average Bonchev–Trinajstić information content (AvgIpc) is 2.91. The molecule has 2 aromatic heterocycles. The van der Waals surface area contributed by atoms with Crippen molar-refractivity contribution in [2.45, 2.75) is 19.9 Å². The van der Waals surface area contributed by atoms with Crippen molar-refractivity contribution in [1.29, 1.82) is 0 Å². The van der Waals surface area contributed by atoms with Gasteiger partial charge in [0.1, 0.15) is 12.1 Å². The molecule has 1 N–H and O–H groups in total. The Morgan fingerprint density at radius 1 is 1.17 bits per heavy atom. The minimum absolute atomic E-state index is 0.215. The van der Waals surface area contributed by atoms with Gasteiger partial charge in [0.15, 0.2) is 5.65 Å². The first-order valence-corrected chi connectivity index (χ1v) is 7.86. The summed E-state index contributed by atoms with van der Waals surface area (Å²) in [5.41, 5.74) is 3.20. The Labute approximate surface area is 139 Å². The van der Waals surface area contributed by atoms with Gasteiger partial charge in [0.05, 0.1) is 19.3 Å². The summed E-state index contributed by atoms with van der Waals surface area (Å²) in [5, 5.41) is 0. The number of ether oxygens (including phenoxy) is 2. The molecular weight excluding hydrogens is 308 g/mol. The van der Waals surface area contributed by atoms with Crippen molar-refractivity contribution in [2.75, 3.05) is 20.3 Å². The largest absolute Gasteiger partial charge is 0.461 e.